The van der Waals surface area contributed by atoms with Crippen LogP contribution in [0.4, 0.5) is 33.5 Å². The third-order valence-corrected chi connectivity index (χ3v) is 3.86. The normalized spacial score (nSPS) is 10.2. The van der Waals surface area contributed by atoms with Crippen LogP contribution >= 0.6 is 0 Å². The van der Waals surface area contributed by atoms with E-state index in [4.69, 9.17) is 10.5 Å². The summed E-state index contributed by atoms with van der Waals surface area (Å²) in [6.07, 6.45) is 2.92. The zero-order valence-corrected chi connectivity index (χ0v) is 16.1. The van der Waals surface area contributed by atoms with Crippen molar-refractivity contribution < 1.29 is 13.9 Å². The third kappa shape index (κ3) is 4.98. The number of carbonyl (C=O) groups is 1. The van der Waals surface area contributed by atoms with Crippen LogP contribution in [0.1, 0.15) is 10.4 Å². The van der Waals surface area contributed by atoms with Gasteiger partial charge in [-0.25, -0.2) is 14.4 Å². The summed E-state index contributed by atoms with van der Waals surface area (Å²) < 4.78 is 18.6. The second-order valence-corrected chi connectivity index (χ2v) is 6.00. The van der Waals surface area contributed by atoms with Crippen LogP contribution in [-0.2, 0) is 0 Å². The number of aromatic nitrogens is 3. The van der Waals surface area contributed by atoms with Crippen LogP contribution in [0, 0.1) is 5.82 Å². The van der Waals surface area contributed by atoms with Gasteiger partial charge in [-0.15, -0.1) is 6.58 Å². The minimum atomic E-state index is -0.492. The molecule has 154 valence electrons. The molecule has 0 aliphatic rings. The van der Waals surface area contributed by atoms with Gasteiger partial charge in [0.15, 0.2) is 11.6 Å². The van der Waals surface area contributed by atoms with Crippen LogP contribution in [0.25, 0.3) is 0 Å². The van der Waals surface area contributed by atoms with Crippen LogP contribution in [0.2, 0.25) is 0 Å². The van der Waals surface area contributed by atoms with Gasteiger partial charge in [-0.05, 0) is 24.3 Å². The van der Waals surface area contributed by atoms with E-state index in [2.05, 4.69) is 37.5 Å². The number of pyridine rings is 1. The molecule has 2 heterocycles. The summed E-state index contributed by atoms with van der Waals surface area (Å²) >= 11 is 0. The fourth-order valence-electron chi connectivity index (χ4n) is 2.47. The number of hydrogen-bond acceptors (Lipinski definition) is 8. The number of nitrogens with zero attached hydrogens (tertiary/aromatic N) is 3. The number of halogens is 1. The van der Waals surface area contributed by atoms with Gasteiger partial charge in [-0.3, -0.25) is 4.79 Å². The Morgan fingerprint density at radius 3 is 2.83 bits per heavy atom. The molecule has 1 aromatic carbocycles. The quantitative estimate of drug-likeness (QED) is 0.418. The smallest absolute Gasteiger partial charge is 0.256 e. The Kier molecular flexibility index (Phi) is 6.38. The van der Waals surface area contributed by atoms with Crippen molar-refractivity contribution in [2.75, 3.05) is 30.0 Å². The molecule has 1 amide bonds. The summed E-state index contributed by atoms with van der Waals surface area (Å²) in [6.45, 7) is 3.86. The van der Waals surface area contributed by atoms with Gasteiger partial charge in [0.1, 0.15) is 23.0 Å². The number of hydrogen-bond donors (Lipinski definition) is 4. The van der Waals surface area contributed by atoms with Crippen LogP contribution in [0.15, 0.2) is 55.3 Å². The number of carbonyl (C=O) groups excluding carboxylic acids is 1. The average Bonchev–Trinajstić information content (AvgIpc) is 2.73. The van der Waals surface area contributed by atoms with Gasteiger partial charge in [-0.2, -0.15) is 4.98 Å². The second kappa shape index (κ2) is 9.32. The number of benzene rings is 1. The fourth-order valence-corrected chi connectivity index (χ4v) is 2.47. The monoisotopic (exact) mass is 409 g/mol. The highest BCUT2D eigenvalue weighted by atomic mass is 19.1. The molecule has 2 aromatic heterocycles. The number of amides is 1. The SMILES string of the molecule is C=CCNC(=O)c1cnc(Nc2ccc(F)c(OC)c2)nc1Nc1cccc(N)n1. The van der Waals surface area contributed by atoms with E-state index < -0.39 is 11.7 Å². The summed E-state index contributed by atoms with van der Waals surface area (Å²) in [7, 11) is 1.37. The predicted octanol–water partition coefficient (Wildman–Crippen LogP) is 3.00. The van der Waals surface area contributed by atoms with E-state index in [-0.39, 0.29) is 29.6 Å². The molecule has 0 fully saturated rings. The number of nitrogens with one attached hydrogen (secondary N) is 3. The fraction of sp³-hybridized carbons (Fsp3) is 0.100. The van der Waals surface area contributed by atoms with E-state index in [0.29, 0.717) is 17.3 Å². The van der Waals surface area contributed by atoms with Crippen molar-refractivity contribution in [2.24, 2.45) is 0 Å². The van der Waals surface area contributed by atoms with E-state index in [9.17, 15) is 9.18 Å². The maximum absolute atomic E-state index is 13.6. The lowest BCUT2D eigenvalue weighted by molar-refractivity contribution is 0.0958. The molecular weight excluding hydrogens is 389 g/mol. The Morgan fingerprint density at radius 2 is 2.10 bits per heavy atom. The molecule has 9 nitrogen and oxygen atoms in total. The zero-order chi connectivity index (χ0) is 21.5. The Labute approximate surface area is 172 Å². The molecule has 3 aromatic rings. The maximum Gasteiger partial charge on any atom is 0.256 e. The van der Waals surface area contributed by atoms with E-state index in [1.807, 2.05) is 0 Å². The summed E-state index contributed by atoms with van der Waals surface area (Å²) in [5.41, 5.74) is 6.42. The molecule has 0 aliphatic heterocycles. The maximum atomic E-state index is 13.6. The van der Waals surface area contributed by atoms with Crippen LogP contribution in [0.3, 0.4) is 0 Å². The number of nitrogen functional groups attached to an aromatic ring is 1. The third-order valence-electron chi connectivity index (χ3n) is 3.86. The molecule has 0 radical (unpaired) electrons. The highest BCUT2D eigenvalue weighted by Crippen LogP contribution is 2.25. The Balaban J connectivity index is 1.93. The Hall–Kier alpha value is -4.21. The first-order chi connectivity index (χ1) is 14.5. The molecule has 0 atom stereocenters. The van der Waals surface area contributed by atoms with E-state index in [1.54, 1.807) is 24.3 Å². The molecule has 0 bridgehead atoms. The van der Waals surface area contributed by atoms with Crippen molar-refractivity contribution in [3.05, 3.63) is 66.6 Å². The molecule has 0 spiro atoms. The largest absolute Gasteiger partial charge is 0.494 e. The highest BCUT2D eigenvalue weighted by Gasteiger charge is 2.16. The summed E-state index contributed by atoms with van der Waals surface area (Å²) in [6, 6.07) is 9.27. The first-order valence-corrected chi connectivity index (χ1v) is 8.86. The van der Waals surface area contributed by atoms with E-state index in [1.165, 1.54) is 31.5 Å². The lowest BCUT2D eigenvalue weighted by Gasteiger charge is -2.13. The molecule has 0 unspecified atom stereocenters. The van der Waals surface area contributed by atoms with Crippen molar-refractivity contribution in [1.29, 1.82) is 0 Å². The van der Waals surface area contributed by atoms with Gasteiger partial charge in [-0.1, -0.05) is 12.1 Å². The standard InChI is InChI=1S/C20H20FN7O2/c1-3-9-23-19(29)13-11-24-20(25-12-7-8-14(21)15(10-12)30-2)28-18(13)27-17-6-4-5-16(22)26-17/h3-8,10-11H,1,9H2,2H3,(H,23,29)(H4,22,24,25,26,27,28). The van der Waals surface area contributed by atoms with Gasteiger partial charge in [0, 0.05) is 24.5 Å². The molecule has 0 saturated heterocycles. The van der Waals surface area contributed by atoms with Crippen LogP contribution in [-0.4, -0.2) is 34.5 Å². The minimum absolute atomic E-state index is 0.0720. The highest BCUT2D eigenvalue weighted by molar-refractivity contribution is 5.99. The number of ether oxygens (including phenoxy) is 1. The average molecular weight is 409 g/mol. The Morgan fingerprint density at radius 1 is 1.27 bits per heavy atom. The number of rotatable bonds is 8. The van der Waals surface area contributed by atoms with Crippen molar-refractivity contribution in [3.63, 3.8) is 0 Å². The first kappa shape index (κ1) is 20.5. The molecule has 30 heavy (non-hydrogen) atoms. The van der Waals surface area contributed by atoms with Crippen LogP contribution in [0.5, 0.6) is 5.75 Å². The summed E-state index contributed by atoms with van der Waals surface area (Å²) in [5.74, 6) is 0.285. The molecule has 0 aliphatic carbocycles. The first-order valence-electron chi connectivity index (χ1n) is 8.86. The summed E-state index contributed by atoms with van der Waals surface area (Å²) in [4.78, 5) is 25.2. The topological polar surface area (TPSA) is 127 Å². The van der Waals surface area contributed by atoms with Gasteiger partial charge in [0.2, 0.25) is 5.95 Å². The second-order valence-electron chi connectivity index (χ2n) is 6.00. The van der Waals surface area contributed by atoms with Gasteiger partial charge in [0.05, 0.1) is 7.11 Å². The lowest BCUT2D eigenvalue weighted by Crippen LogP contribution is -2.25. The van der Waals surface area contributed by atoms with Gasteiger partial charge >= 0.3 is 0 Å². The summed E-state index contributed by atoms with van der Waals surface area (Å²) in [5, 5.41) is 8.60. The molecular formula is C20H20FN7O2. The Bertz CT molecular complexity index is 1070. The van der Waals surface area contributed by atoms with E-state index in [0.717, 1.165) is 0 Å². The van der Waals surface area contributed by atoms with E-state index >= 15 is 0 Å². The van der Waals surface area contributed by atoms with Crippen molar-refractivity contribution in [3.8, 4) is 5.75 Å². The van der Waals surface area contributed by atoms with Crippen molar-refractivity contribution in [1.82, 2.24) is 20.3 Å². The zero-order valence-electron chi connectivity index (χ0n) is 16.1. The predicted molar refractivity (Wildman–Crippen MR) is 113 cm³/mol. The molecule has 3 rings (SSSR count). The molecule has 5 N–H and O–H groups in total. The number of anilines is 5. The van der Waals surface area contributed by atoms with Gasteiger partial charge in [0.25, 0.3) is 5.91 Å². The number of methoxy groups -OCH3 is 1. The minimum Gasteiger partial charge on any atom is -0.494 e. The molecule has 10 heteroatoms. The molecule has 0 saturated carbocycles. The number of nitrogens with two attached hydrogens (primary N) is 1. The van der Waals surface area contributed by atoms with Crippen molar-refractivity contribution in [2.45, 2.75) is 0 Å². The van der Waals surface area contributed by atoms with Gasteiger partial charge < -0.3 is 26.4 Å². The lowest BCUT2D eigenvalue weighted by atomic mass is 10.2. The van der Waals surface area contributed by atoms with Crippen molar-refractivity contribution >= 4 is 35.0 Å². The van der Waals surface area contributed by atoms with Crippen LogP contribution < -0.4 is 26.4 Å².